The number of carbonyl (C=O) groups excluding carboxylic acids is 1. The van der Waals surface area contributed by atoms with Gasteiger partial charge in [0.05, 0.1) is 23.2 Å². The van der Waals surface area contributed by atoms with Gasteiger partial charge in [-0.3, -0.25) is 4.79 Å². The van der Waals surface area contributed by atoms with Crippen LogP contribution in [0.2, 0.25) is 0 Å². The molecule has 0 saturated heterocycles. The number of nitrogens with zero attached hydrogens (tertiary/aromatic N) is 2. The summed E-state index contributed by atoms with van der Waals surface area (Å²) in [5.41, 5.74) is 2.17. The first-order valence-corrected chi connectivity index (χ1v) is 6.13. The number of thiazole rings is 1. The van der Waals surface area contributed by atoms with Gasteiger partial charge in [0.2, 0.25) is 5.91 Å². The highest BCUT2D eigenvalue weighted by molar-refractivity contribution is 7.07. The van der Waals surface area contributed by atoms with Crippen LogP contribution in [0.1, 0.15) is 19.5 Å². The van der Waals surface area contributed by atoms with Gasteiger partial charge in [-0.25, -0.2) is 4.98 Å². The SMILES string of the molecule is CN(Cc1cscn1)C(=O)C(C)(C)CCl. The Bertz CT molecular complexity index is 324. The zero-order valence-electron chi connectivity index (χ0n) is 9.16. The zero-order valence-corrected chi connectivity index (χ0v) is 10.7. The van der Waals surface area contributed by atoms with E-state index >= 15 is 0 Å². The average Bonchev–Trinajstić information content (AvgIpc) is 2.69. The van der Waals surface area contributed by atoms with Crippen LogP contribution in [0.25, 0.3) is 0 Å². The van der Waals surface area contributed by atoms with Crippen molar-refractivity contribution in [2.24, 2.45) is 5.41 Å². The lowest BCUT2D eigenvalue weighted by Crippen LogP contribution is -2.39. The van der Waals surface area contributed by atoms with Gasteiger partial charge in [0.25, 0.3) is 0 Å². The smallest absolute Gasteiger partial charge is 0.229 e. The highest BCUT2D eigenvalue weighted by Crippen LogP contribution is 2.20. The third-order valence-corrected chi connectivity index (χ3v) is 3.45. The third kappa shape index (κ3) is 3.18. The molecule has 0 N–H and O–H groups in total. The Hall–Kier alpha value is -0.610. The number of rotatable bonds is 4. The second-order valence-electron chi connectivity index (χ2n) is 4.16. The van der Waals surface area contributed by atoms with E-state index in [1.807, 2.05) is 19.2 Å². The molecule has 0 unspecified atom stereocenters. The van der Waals surface area contributed by atoms with Crippen molar-refractivity contribution in [2.45, 2.75) is 20.4 Å². The molecule has 0 radical (unpaired) electrons. The predicted octanol–water partition coefficient (Wildman–Crippen LogP) is 2.37. The average molecular weight is 247 g/mol. The van der Waals surface area contributed by atoms with Crippen molar-refractivity contribution in [3.8, 4) is 0 Å². The fourth-order valence-electron chi connectivity index (χ4n) is 1.20. The Morgan fingerprint density at radius 2 is 2.33 bits per heavy atom. The standard InChI is InChI=1S/C10H15ClN2OS/c1-10(2,6-11)9(14)13(3)4-8-5-15-7-12-8/h5,7H,4,6H2,1-3H3. The maximum Gasteiger partial charge on any atom is 0.229 e. The van der Waals surface area contributed by atoms with Crippen LogP contribution in [0.3, 0.4) is 0 Å². The van der Waals surface area contributed by atoms with Gasteiger partial charge in [0.15, 0.2) is 0 Å². The molecule has 84 valence electrons. The fourth-order valence-corrected chi connectivity index (χ4v) is 1.87. The van der Waals surface area contributed by atoms with E-state index in [0.717, 1.165) is 5.69 Å². The topological polar surface area (TPSA) is 33.2 Å². The van der Waals surface area contributed by atoms with Crippen LogP contribution >= 0.6 is 22.9 Å². The first kappa shape index (κ1) is 12.5. The van der Waals surface area contributed by atoms with Crippen LogP contribution < -0.4 is 0 Å². The summed E-state index contributed by atoms with van der Waals surface area (Å²) in [5, 5.41) is 1.94. The summed E-state index contributed by atoms with van der Waals surface area (Å²) < 4.78 is 0. The monoisotopic (exact) mass is 246 g/mol. The minimum absolute atomic E-state index is 0.0468. The highest BCUT2D eigenvalue weighted by atomic mass is 35.5. The lowest BCUT2D eigenvalue weighted by Gasteiger charge is -2.26. The maximum absolute atomic E-state index is 11.9. The summed E-state index contributed by atoms with van der Waals surface area (Å²) in [6.07, 6.45) is 0. The third-order valence-electron chi connectivity index (χ3n) is 2.14. The fraction of sp³-hybridized carbons (Fsp3) is 0.600. The number of carbonyl (C=O) groups is 1. The molecule has 5 heteroatoms. The Morgan fingerprint density at radius 1 is 1.67 bits per heavy atom. The van der Waals surface area contributed by atoms with Gasteiger partial charge in [-0.05, 0) is 13.8 Å². The summed E-state index contributed by atoms with van der Waals surface area (Å²) >= 11 is 7.28. The van der Waals surface area contributed by atoms with Gasteiger partial charge >= 0.3 is 0 Å². The maximum atomic E-state index is 11.9. The second kappa shape index (κ2) is 4.94. The quantitative estimate of drug-likeness (QED) is 0.765. The lowest BCUT2D eigenvalue weighted by molar-refractivity contribution is -0.138. The summed E-state index contributed by atoms with van der Waals surface area (Å²) in [7, 11) is 1.77. The number of hydrogen-bond acceptors (Lipinski definition) is 3. The molecule has 0 aromatic carbocycles. The molecule has 0 saturated carbocycles. The number of alkyl halides is 1. The van der Waals surface area contributed by atoms with Crippen molar-refractivity contribution >= 4 is 28.8 Å². The Labute approximate surface area is 99.1 Å². The molecular weight excluding hydrogens is 232 g/mol. The summed E-state index contributed by atoms with van der Waals surface area (Å²) in [6.45, 7) is 4.24. The summed E-state index contributed by atoms with van der Waals surface area (Å²) in [4.78, 5) is 17.7. The molecule has 0 aliphatic heterocycles. The van der Waals surface area contributed by atoms with Crippen LogP contribution in [-0.2, 0) is 11.3 Å². The van der Waals surface area contributed by atoms with Gasteiger partial charge in [0.1, 0.15) is 0 Å². The molecule has 0 fully saturated rings. The van der Waals surface area contributed by atoms with Crippen LogP contribution in [0.5, 0.6) is 0 Å². The van der Waals surface area contributed by atoms with Gasteiger partial charge in [-0.1, -0.05) is 0 Å². The number of amides is 1. The van der Waals surface area contributed by atoms with E-state index in [-0.39, 0.29) is 5.91 Å². The number of aromatic nitrogens is 1. The largest absolute Gasteiger partial charge is 0.339 e. The molecule has 1 rings (SSSR count). The van der Waals surface area contributed by atoms with E-state index in [4.69, 9.17) is 11.6 Å². The molecule has 3 nitrogen and oxygen atoms in total. The van der Waals surface area contributed by atoms with Crippen LogP contribution in [-0.4, -0.2) is 28.7 Å². The minimum atomic E-state index is -0.508. The predicted molar refractivity (Wildman–Crippen MR) is 63.1 cm³/mol. The molecule has 0 atom stereocenters. The first-order valence-electron chi connectivity index (χ1n) is 4.66. The normalized spacial score (nSPS) is 11.5. The number of hydrogen-bond donors (Lipinski definition) is 0. The van der Waals surface area contributed by atoms with Crippen LogP contribution in [0, 0.1) is 5.41 Å². The molecule has 1 amide bonds. The molecule has 0 bridgehead atoms. The van der Waals surface area contributed by atoms with E-state index in [2.05, 4.69) is 4.98 Å². The Kier molecular flexibility index (Phi) is 4.11. The first-order chi connectivity index (χ1) is 6.97. The van der Waals surface area contributed by atoms with Crippen molar-refractivity contribution in [2.75, 3.05) is 12.9 Å². The van der Waals surface area contributed by atoms with E-state index in [1.54, 1.807) is 17.5 Å². The van der Waals surface area contributed by atoms with E-state index in [9.17, 15) is 4.79 Å². The van der Waals surface area contributed by atoms with E-state index in [0.29, 0.717) is 12.4 Å². The van der Waals surface area contributed by atoms with Crippen LogP contribution in [0.15, 0.2) is 10.9 Å². The van der Waals surface area contributed by atoms with E-state index in [1.165, 1.54) is 11.3 Å². The Morgan fingerprint density at radius 3 is 2.80 bits per heavy atom. The Balaban J connectivity index is 2.61. The summed E-state index contributed by atoms with van der Waals surface area (Å²) in [6, 6.07) is 0. The van der Waals surface area contributed by atoms with Crippen molar-refractivity contribution < 1.29 is 4.79 Å². The molecule has 0 aliphatic rings. The summed E-state index contributed by atoms with van der Waals surface area (Å²) in [5.74, 6) is 0.373. The van der Waals surface area contributed by atoms with E-state index < -0.39 is 5.41 Å². The molecule has 1 aromatic rings. The van der Waals surface area contributed by atoms with Gasteiger partial charge in [0, 0.05) is 18.3 Å². The minimum Gasteiger partial charge on any atom is -0.339 e. The van der Waals surface area contributed by atoms with Crippen molar-refractivity contribution in [3.63, 3.8) is 0 Å². The second-order valence-corrected chi connectivity index (χ2v) is 5.14. The molecule has 0 aliphatic carbocycles. The van der Waals surface area contributed by atoms with Gasteiger partial charge < -0.3 is 4.90 Å². The number of halogens is 1. The lowest BCUT2D eigenvalue weighted by atomic mass is 9.94. The highest BCUT2D eigenvalue weighted by Gasteiger charge is 2.29. The molecular formula is C10H15ClN2OS. The molecule has 15 heavy (non-hydrogen) atoms. The van der Waals surface area contributed by atoms with Crippen molar-refractivity contribution in [3.05, 3.63) is 16.6 Å². The molecule has 0 spiro atoms. The van der Waals surface area contributed by atoms with Crippen LogP contribution in [0.4, 0.5) is 0 Å². The van der Waals surface area contributed by atoms with Gasteiger partial charge in [-0.2, -0.15) is 0 Å². The van der Waals surface area contributed by atoms with Gasteiger partial charge in [-0.15, -0.1) is 22.9 Å². The zero-order chi connectivity index (χ0) is 11.5. The molecule has 1 aromatic heterocycles. The molecule has 1 heterocycles. The van der Waals surface area contributed by atoms with Crippen molar-refractivity contribution in [1.82, 2.24) is 9.88 Å². The van der Waals surface area contributed by atoms with Crippen molar-refractivity contribution in [1.29, 1.82) is 0 Å².